The molecule has 3 N–H and O–H groups in total. The summed E-state index contributed by atoms with van der Waals surface area (Å²) in [6.45, 7) is 4.38. The van der Waals surface area contributed by atoms with Gasteiger partial charge in [0.2, 0.25) is 0 Å². The Labute approximate surface area is 209 Å². The largest absolute Gasteiger partial charge is 0.507 e. The number of amides is 2. The van der Waals surface area contributed by atoms with E-state index < -0.39 is 0 Å². The SMILES string of the molecule is Cc1ccc(C(=O)Nc2ccc(-c3cc(C4CC4)n(C(=O)NCc4cccc(C)c4)n3)c(O)c2)cc1. The van der Waals surface area contributed by atoms with Gasteiger partial charge in [0.25, 0.3) is 5.91 Å². The van der Waals surface area contributed by atoms with Gasteiger partial charge in [-0.2, -0.15) is 9.78 Å². The highest BCUT2D eigenvalue weighted by atomic mass is 16.3. The number of carbonyl (C=O) groups excluding carboxylic acids is 2. The first-order valence-corrected chi connectivity index (χ1v) is 12.0. The molecule has 1 aromatic heterocycles. The molecule has 5 rings (SSSR count). The van der Waals surface area contributed by atoms with Crippen LogP contribution >= 0.6 is 0 Å². The van der Waals surface area contributed by atoms with Gasteiger partial charge in [-0.05, 0) is 62.6 Å². The summed E-state index contributed by atoms with van der Waals surface area (Å²) in [5, 5.41) is 21.0. The molecule has 3 aromatic carbocycles. The molecule has 2 amide bonds. The van der Waals surface area contributed by atoms with Crippen LogP contribution in [0.2, 0.25) is 0 Å². The summed E-state index contributed by atoms with van der Waals surface area (Å²) in [4.78, 5) is 25.5. The van der Waals surface area contributed by atoms with Crippen LogP contribution < -0.4 is 10.6 Å². The van der Waals surface area contributed by atoms with Crippen molar-refractivity contribution in [3.05, 3.63) is 101 Å². The minimum absolute atomic E-state index is 0.0242. The Kier molecular flexibility index (Phi) is 6.29. The van der Waals surface area contributed by atoms with Crippen molar-refractivity contribution in [3.8, 4) is 17.0 Å². The Balaban J connectivity index is 1.34. The van der Waals surface area contributed by atoms with Crippen LogP contribution in [0.4, 0.5) is 10.5 Å². The maximum Gasteiger partial charge on any atom is 0.342 e. The minimum atomic E-state index is -0.300. The number of phenolic OH excluding ortho intramolecular Hbond substituents is 1. The fourth-order valence-electron chi connectivity index (χ4n) is 4.17. The number of phenols is 1. The Morgan fingerprint density at radius 1 is 0.972 bits per heavy atom. The number of aromatic hydroxyl groups is 1. The number of hydrogen-bond donors (Lipinski definition) is 3. The van der Waals surface area contributed by atoms with Gasteiger partial charge < -0.3 is 15.7 Å². The second kappa shape index (κ2) is 9.70. The van der Waals surface area contributed by atoms with E-state index >= 15 is 0 Å². The molecular formula is C29H28N4O3. The van der Waals surface area contributed by atoms with Crippen molar-refractivity contribution >= 4 is 17.6 Å². The number of rotatable bonds is 6. The molecule has 0 bridgehead atoms. The Bertz CT molecular complexity index is 1440. The van der Waals surface area contributed by atoms with Gasteiger partial charge in [0.15, 0.2) is 0 Å². The molecule has 7 nitrogen and oxygen atoms in total. The van der Waals surface area contributed by atoms with Crippen LogP contribution in [-0.4, -0.2) is 26.8 Å². The molecule has 1 saturated carbocycles. The molecule has 4 aromatic rings. The van der Waals surface area contributed by atoms with E-state index in [9.17, 15) is 14.7 Å². The first-order valence-electron chi connectivity index (χ1n) is 12.0. The summed E-state index contributed by atoms with van der Waals surface area (Å²) in [5.74, 6) is 0.00258. The van der Waals surface area contributed by atoms with Crippen molar-refractivity contribution in [1.82, 2.24) is 15.1 Å². The second-order valence-corrected chi connectivity index (χ2v) is 9.34. The number of carbonyl (C=O) groups is 2. The summed E-state index contributed by atoms with van der Waals surface area (Å²) < 4.78 is 1.41. The number of hydrogen-bond acceptors (Lipinski definition) is 4. The van der Waals surface area contributed by atoms with Gasteiger partial charge in [-0.25, -0.2) is 4.79 Å². The molecule has 36 heavy (non-hydrogen) atoms. The number of aromatic nitrogens is 2. The van der Waals surface area contributed by atoms with E-state index in [0.717, 1.165) is 35.2 Å². The average Bonchev–Trinajstić information content (AvgIpc) is 3.61. The van der Waals surface area contributed by atoms with Crippen LogP contribution in [0.25, 0.3) is 11.3 Å². The van der Waals surface area contributed by atoms with Crippen LogP contribution in [0.5, 0.6) is 5.75 Å². The van der Waals surface area contributed by atoms with Crippen LogP contribution in [-0.2, 0) is 6.54 Å². The Morgan fingerprint density at radius 2 is 1.75 bits per heavy atom. The minimum Gasteiger partial charge on any atom is -0.507 e. The molecule has 1 aliphatic carbocycles. The average molecular weight is 481 g/mol. The van der Waals surface area contributed by atoms with Crippen molar-refractivity contribution in [1.29, 1.82) is 0 Å². The number of benzene rings is 3. The maximum atomic E-state index is 13.0. The number of aryl methyl sites for hydroxylation is 2. The standard InChI is InChI=1S/C29H28N4O3/c1-18-6-8-22(9-7-18)28(35)31-23-12-13-24(27(34)15-23)25-16-26(21-10-11-21)33(32-25)29(36)30-17-20-5-3-4-19(2)14-20/h3-9,12-16,21,34H,10-11,17H2,1-2H3,(H,30,36)(H,31,35). The van der Waals surface area contributed by atoms with Gasteiger partial charge in [-0.3, -0.25) is 4.79 Å². The molecule has 1 fully saturated rings. The molecule has 182 valence electrons. The highest BCUT2D eigenvalue weighted by Gasteiger charge is 2.30. The zero-order valence-electron chi connectivity index (χ0n) is 20.3. The van der Waals surface area contributed by atoms with Gasteiger partial charge in [-0.1, -0.05) is 47.5 Å². The summed E-state index contributed by atoms with van der Waals surface area (Å²) in [6, 6.07) is 21.7. The lowest BCUT2D eigenvalue weighted by molar-refractivity contribution is 0.102. The number of nitrogens with zero attached hydrogens (tertiary/aromatic N) is 2. The topological polar surface area (TPSA) is 96.3 Å². The van der Waals surface area contributed by atoms with E-state index in [-0.39, 0.29) is 23.6 Å². The number of nitrogens with one attached hydrogen (secondary N) is 2. The predicted octanol–water partition coefficient (Wildman–Crippen LogP) is 5.76. The van der Waals surface area contributed by atoms with Gasteiger partial charge in [0, 0.05) is 35.3 Å². The summed E-state index contributed by atoms with van der Waals surface area (Å²) in [5.41, 5.74) is 6.07. The van der Waals surface area contributed by atoms with Crippen LogP contribution in [0.3, 0.4) is 0 Å². The lowest BCUT2D eigenvalue weighted by Gasteiger charge is -2.09. The zero-order valence-corrected chi connectivity index (χ0v) is 20.3. The molecule has 7 heteroatoms. The molecular weight excluding hydrogens is 452 g/mol. The van der Waals surface area contributed by atoms with Crippen molar-refractivity contribution in [2.45, 2.75) is 39.2 Å². The predicted molar refractivity (Wildman–Crippen MR) is 139 cm³/mol. The maximum absolute atomic E-state index is 13.0. The smallest absolute Gasteiger partial charge is 0.342 e. The first kappa shape index (κ1) is 23.4. The fourth-order valence-corrected chi connectivity index (χ4v) is 4.17. The zero-order chi connectivity index (χ0) is 25.2. The quantitative estimate of drug-likeness (QED) is 0.327. The summed E-state index contributed by atoms with van der Waals surface area (Å²) >= 11 is 0. The molecule has 1 heterocycles. The van der Waals surface area contributed by atoms with E-state index in [1.54, 1.807) is 24.3 Å². The van der Waals surface area contributed by atoms with Crippen LogP contribution in [0.1, 0.15) is 51.5 Å². The molecule has 0 spiro atoms. The third-order valence-electron chi connectivity index (χ3n) is 6.30. The van der Waals surface area contributed by atoms with Gasteiger partial charge >= 0.3 is 6.03 Å². The Morgan fingerprint density at radius 3 is 2.44 bits per heavy atom. The van der Waals surface area contributed by atoms with Gasteiger partial charge in [-0.15, -0.1) is 0 Å². The lowest BCUT2D eigenvalue weighted by Crippen LogP contribution is -2.30. The molecule has 0 aliphatic heterocycles. The molecule has 0 saturated heterocycles. The first-order chi connectivity index (χ1) is 17.4. The van der Waals surface area contributed by atoms with Crippen molar-refractivity contribution in [2.24, 2.45) is 0 Å². The van der Waals surface area contributed by atoms with E-state index in [4.69, 9.17) is 0 Å². The monoisotopic (exact) mass is 480 g/mol. The molecule has 1 aliphatic rings. The van der Waals surface area contributed by atoms with E-state index in [1.807, 2.05) is 56.3 Å². The molecule has 0 radical (unpaired) electrons. The normalized spacial score (nSPS) is 12.8. The summed E-state index contributed by atoms with van der Waals surface area (Å²) in [7, 11) is 0. The molecule has 0 unspecified atom stereocenters. The van der Waals surface area contributed by atoms with E-state index in [2.05, 4.69) is 15.7 Å². The number of anilines is 1. The van der Waals surface area contributed by atoms with Crippen molar-refractivity contribution in [2.75, 3.05) is 5.32 Å². The van der Waals surface area contributed by atoms with Gasteiger partial charge in [0.05, 0.1) is 11.4 Å². The van der Waals surface area contributed by atoms with E-state index in [1.165, 1.54) is 10.7 Å². The third-order valence-corrected chi connectivity index (χ3v) is 6.30. The van der Waals surface area contributed by atoms with Crippen LogP contribution in [0.15, 0.2) is 72.8 Å². The van der Waals surface area contributed by atoms with Crippen molar-refractivity contribution < 1.29 is 14.7 Å². The van der Waals surface area contributed by atoms with Crippen LogP contribution in [0, 0.1) is 13.8 Å². The van der Waals surface area contributed by atoms with E-state index in [0.29, 0.717) is 29.1 Å². The lowest BCUT2D eigenvalue weighted by atomic mass is 10.1. The van der Waals surface area contributed by atoms with Gasteiger partial charge in [0.1, 0.15) is 5.75 Å². The highest BCUT2D eigenvalue weighted by Crippen LogP contribution is 2.42. The highest BCUT2D eigenvalue weighted by molar-refractivity contribution is 6.04. The fraction of sp³-hybridized carbons (Fsp3) is 0.207. The summed E-state index contributed by atoms with van der Waals surface area (Å²) in [6.07, 6.45) is 2.01. The third kappa shape index (κ3) is 5.15. The van der Waals surface area contributed by atoms with Crippen molar-refractivity contribution in [3.63, 3.8) is 0 Å². The molecule has 0 atom stereocenters. The Hall–Kier alpha value is -4.39. The second-order valence-electron chi connectivity index (χ2n) is 9.34.